The van der Waals surface area contributed by atoms with E-state index in [1.54, 1.807) is 0 Å². The standard InChI is InChI=1S/C19H26N2/c1-5-20-19(18-15(4)8-7-11-21-18)17-10-6-9-16(13-17)12-14(2)3/h6-11,13-14,19-20H,5,12H2,1-4H3. The van der Waals surface area contributed by atoms with Crippen LogP contribution in [0.5, 0.6) is 0 Å². The largest absolute Gasteiger partial charge is 0.305 e. The summed E-state index contributed by atoms with van der Waals surface area (Å²) in [7, 11) is 0. The van der Waals surface area contributed by atoms with Crippen LogP contribution < -0.4 is 5.32 Å². The lowest BCUT2D eigenvalue weighted by Crippen LogP contribution is -2.24. The first-order valence-electron chi connectivity index (χ1n) is 7.85. The maximum Gasteiger partial charge on any atom is 0.0754 e. The highest BCUT2D eigenvalue weighted by atomic mass is 14.9. The fourth-order valence-electron chi connectivity index (χ4n) is 2.75. The molecule has 1 N–H and O–H groups in total. The minimum Gasteiger partial charge on any atom is -0.305 e. The van der Waals surface area contributed by atoms with E-state index in [1.807, 2.05) is 12.3 Å². The lowest BCUT2D eigenvalue weighted by molar-refractivity contribution is 0.608. The number of aryl methyl sites for hydroxylation is 1. The molecule has 0 bridgehead atoms. The van der Waals surface area contributed by atoms with Gasteiger partial charge in [-0.15, -0.1) is 0 Å². The van der Waals surface area contributed by atoms with Gasteiger partial charge in [-0.1, -0.05) is 51.1 Å². The number of hydrogen-bond acceptors (Lipinski definition) is 2. The summed E-state index contributed by atoms with van der Waals surface area (Å²) in [5, 5.41) is 3.57. The molecule has 0 aliphatic carbocycles. The van der Waals surface area contributed by atoms with Crippen molar-refractivity contribution in [1.29, 1.82) is 0 Å². The highest BCUT2D eigenvalue weighted by Crippen LogP contribution is 2.24. The van der Waals surface area contributed by atoms with Gasteiger partial charge < -0.3 is 5.32 Å². The van der Waals surface area contributed by atoms with Crippen molar-refractivity contribution in [1.82, 2.24) is 10.3 Å². The van der Waals surface area contributed by atoms with Crippen molar-refractivity contribution in [2.75, 3.05) is 6.54 Å². The third-order valence-electron chi connectivity index (χ3n) is 3.66. The molecule has 21 heavy (non-hydrogen) atoms. The molecule has 1 atom stereocenters. The Bertz CT molecular complexity index is 575. The van der Waals surface area contributed by atoms with Crippen LogP contribution in [0.1, 0.15) is 49.2 Å². The third kappa shape index (κ3) is 4.15. The fraction of sp³-hybridized carbons (Fsp3) is 0.421. The van der Waals surface area contributed by atoms with Gasteiger partial charge in [0.2, 0.25) is 0 Å². The lowest BCUT2D eigenvalue weighted by Gasteiger charge is -2.20. The predicted octanol–water partition coefficient (Wildman–Crippen LogP) is 4.29. The molecular weight excluding hydrogens is 256 g/mol. The minimum absolute atomic E-state index is 0.170. The Kier molecular flexibility index (Phi) is 5.51. The van der Waals surface area contributed by atoms with Gasteiger partial charge in [-0.05, 0) is 48.6 Å². The highest BCUT2D eigenvalue weighted by Gasteiger charge is 2.16. The summed E-state index contributed by atoms with van der Waals surface area (Å²) < 4.78 is 0. The van der Waals surface area contributed by atoms with Gasteiger partial charge in [-0.25, -0.2) is 0 Å². The molecule has 1 unspecified atom stereocenters. The molecule has 0 spiro atoms. The summed E-state index contributed by atoms with van der Waals surface area (Å²) in [6.45, 7) is 9.72. The maximum absolute atomic E-state index is 4.60. The molecule has 0 amide bonds. The molecule has 2 rings (SSSR count). The van der Waals surface area contributed by atoms with E-state index < -0.39 is 0 Å². The van der Waals surface area contributed by atoms with Crippen molar-refractivity contribution >= 4 is 0 Å². The van der Waals surface area contributed by atoms with Crippen molar-refractivity contribution in [2.24, 2.45) is 5.92 Å². The monoisotopic (exact) mass is 282 g/mol. The molecule has 0 saturated heterocycles. The van der Waals surface area contributed by atoms with E-state index in [1.165, 1.54) is 16.7 Å². The Morgan fingerprint density at radius 2 is 1.95 bits per heavy atom. The van der Waals surface area contributed by atoms with Crippen LogP contribution in [0.3, 0.4) is 0 Å². The molecule has 0 aliphatic heterocycles. The van der Waals surface area contributed by atoms with Gasteiger partial charge in [0.05, 0.1) is 11.7 Å². The van der Waals surface area contributed by atoms with Gasteiger partial charge in [0.1, 0.15) is 0 Å². The van der Waals surface area contributed by atoms with Crippen molar-refractivity contribution in [3.8, 4) is 0 Å². The van der Waals surface area contributed by atoms with E-state index >= 15 is 0 Å². The summed E-state index contributed by atoms with van der Waals surface area (Å²) in [5.41, 5.74) is 5.06. The van der Waals surface area contributed by atoms with Crippen LogP contribution in [0.2, 0.25) is 0 Å². The van der Waals surface area contributed by atoms with Crippen LogP contribution in [0, 0.1) is 12.8 Å². The first kappa shape index (κ1) is 15.7. The first-order valence-corrected chi connectivity index (χ1v) is 7.85. The number of aromatic nitrogens is 1. The Morgan fingerprint density at radius 1 is 1.14 bits per heavy atom. The Labute approximate surface area is 128 Å². The number of hydrogen-bond donors (Lipinski definition) is 1. The topological polar surface area (TPSA) is 24.9 Å². The van der Waals surface area contributed by atoms with Crippen molar-refractivity contribution < 1.29 is 0 Å². The smallest absolute Gasteiger partial charge is 0.0754 e. The lowest BCUT2D eigenvalue weighted by atomic mass is 9.95. The zero-order chi connectivity index (χ0) is 15.2. The summed E-state index contributed by atoms with van der Waals surface area (Å²) in [4.78, 5) is 4.60. The molecule has 1 aromatic heterocycles. The number of benzene rings is 1. The van der Waals surface area contributed by atoms with E-state index in [4.69, 9.17) is 0 Å². The summed E-state index contributed by atoms with van der Waals surface area (Å²) in [5.74, 6) is 0.675. The molecule has 0 saturated carbocycles. The summed E-state index contributed by atoms with van der Waals surface area (Å²) >= 11 is 0. The predicted molar refractivity (Wildman–Crippen MR) is 89.5 cm³/mol. The molecule has 1 aromatic carbocycles. The average Bonchev–Trinajstić information content (AvgIpc) is 2.45. The van der Waals surface area contributed by atoms with Crippen LogP contribution in [0.4, 0.5) is 0 Å². The molecule has 1 heterocycles. The molecule has 2 aromatic rings. The number of pyridine rings is 1. The molecule has 2 heteroatoms. The number of rotatable bonds is 6. The Balaban J connectivity index is 2.36. The second-order valence-electron chi connectivity index (χ2n) is 6.04. The molecule has 112 valence electrons. The Hall–Kier alpha value is -1.67. The van der Waals surface area contributed by atoms with E-state index in [2.05, 4.69) is 68.3 Å². The van der Waals surface area contributed by atoms with Crippen molar-refractivity contribution in [3.05, 3.63) is 65.0 Å². The molecule has 0 radical (unpaired) electrons. The third-order valence-corrected chi connectivity index (χ3v) is 3.66. The zero-order valence-corrected chi connectivity index (χ0v) is 13.6. The Morgan fingerprint density at radius 3 is 2.62 bits per heavy atom. The highest BCUT2D eigenvalue weighted by molar-refractivity contribution is 5.34. The SMILES string of the molecule is CCNC(c1cccc(CC(C)C)c1)c1ncccc1C. The van der Waals surface area contributed by atoms with Gasteiger partial charge >= 0.3 is 0 Å². The van der Waals surface area contributed by atoms with Crippen molar-refractivity contribution in [2.45, 2.75) is 40.2 Å². The van der Waals surface area contributed by atoms with Gasteiger partial charge in [-0.2, -0.15) is 0 Å². The van der Waals surface area contributed by atoms with E-state index in [-0.39, 0.29) is 6.04 Å². The summed E-state index contributed by atoms with van der Waals surface area (Å²) in [6.07, 6.45) is 3.00. The first-order chi connectivity index (χ1) is 10.1. The van der Waals surface area contributed by atoms with Gasteiger partial charge in [0, 0.05) is 6.20 Å². The van der Waals surface area contributed by atoms with Crippen LogP contribution in [0.15, 0.2) is 42.6 Å². The van der Waals surface area contributed by atoms with Gasteiger partial charge in [0.25, 0.3) is 0 Å². The second kappa shape index (κ2) is 7.37. The van der Waals surface area contributed by atoms with Crippen LogP contribution in [-0.2, 0) is 6.42 Å². The van der Waals surface area contributed by atoms with E-state index in [9.17, 15) is 0 Å². The van der Waals surface area contributed by atoms with Gasteiger partial charge in [0.15, 0.2) is 0 Å². The number of nitrogens with zero attached hydrogens (tertiary/aromatic N) is 1. The maximum atomic E-state index is 4.60. The van der Waals surface area contributed by atoms with Crippen LogP contribution in [0.25, 0.3) is 0 Å². The molecular formula is C19H26N2. The fourth-order valence-corrected chi connectivity index (χ4v) is 2.75. The minimum atomic E-state index is 0.170. The molecule has 0 fully saturated rings. The van der Waals surface area contributed by atoms with Crippen molar-refractivity contribution in [3.63, 3.8) is 0 Å². The van der Waals surface area contributed by atoms with Crippen LogP contribution >= 0.6 is 0 Å². The van der Waals surface area contributed by atoms with Crippen LogP contribution in [-0.4, -0.2) is 11.5 Å². The number of nitrogens with one attached hydrogen (secondary N) is 1. The normalized spacial score (nSPS) is 12.6. The average molecular weight is 282 g/mol. The van der Waals surface area contributed by atoms with E-state index in [0.717, 1.165) is 18.7 Å². The quantitative estimate of drug-likeness (QED) is 0.855. The van der Waals surface area contributed by atoms with Gasteiger partial charge in [-0.3, -0.25) is 4.98 Å². The molecule has 2 nitrogen and oxygen atoms in total. The molecule has 0 aliphatic rings. The van der Waals surface area contributed by atoms with E-state index in [0.29, 0.717) is 5.92 Å². The zero-order valence-electron chi connectivity index (χ0n) is 13.6. The summed E-state index contributed by atoms with van der Waals surface area (Å²) in [6, 6.07) is 13.2. The second-order valence-corrected chi connectivity index (χ2v) is 6.04.